The van der Waals surface area contributed by atoms with Crippen LogP contribution in [0.25, 0.3) is 60.8 Å². The number of nitrogen functional groups attached to an aromatic ring is 1. The van der Waals surface area contributed by atoms with Crippen LogP contribution in [0.3, 0.4) is 0 Å². The van der Waals surface area contributed by atoms with Crippen LogP contribution in [-0.4, -0.2) is 39.8 Å². The first-order valence-electron chi connectivity index (χ1n) is 21.3. The number of halogens is 1. The molecule has 0 aliphatic carbocycles. The first-order chi connectivity index (χ1) is 29.3. The number of imidazole rings is 3. The Kier molecular flexibility index (Phi) is 12.2. The number of carbonyl (C=O) groups excluding carboxylic acids is 1. The highest BCUT2D eigenvalue weighted by Gasteiger charge is 2.24. The highest BCUT2D eigenvalue weighted by atomic mass is 79.9. The molecule has 0 aliphatic heterocycles. The average molecular weight is 892 g/mol. The third-order valence-corrected chi connectivity index (χ3v) is 12.0. The van der Waals surface area contributed by atoms with Crippen molar-refractivity contribution in [2.24, 2.45) is 10.8 Å². The molecule has 5 heterocycles. The van der Waals surface area contributed by atoms with Crippen molar-refractivity contribution in [2.75, 3.05) is 5.73 Å². The summed E-state index contributed by atoms with van der Waals surface area (Å²) in [7, 11) is 0. The lowest BCUT2D eigenvalue weighted by atomic mass is 9.96. The maximum Gasteiger partial charge on any atom is 0.180 e. The van der Waals surface area contributed by atoms with E-state index in [9.17, 15) is 4.79 Å². The first-order valence-corrected chi connectivity index (χ1v) is 22.2. The van der Waals surface area contributed by atoms with Crippen LogP contribution in [0.4, 0.5) is 5.82 Å². The molecule has 10 heteroatoms. The summed E-state index contributed by atoms with van der Waals surface area (Å²) in [5, 5.41) is 4.50. The summed E-state index contributed by atoms with van der Waals surface area (Å²) in [5.41, 5.74) is 19.6. The van der Waals surface area contributed by atoms with Crippen LogP contribution in [0, 0.1) is 52.4 Å². The van der Waals surface area contributed by atoms with Crippen molar-refractivity contribution >= 4 is 77.6 Å². The fraction of sp³-hybridized carbons (Fsp3) is 0.327. The van der Waals surface area contributed by atoms with E-state index in [-0.39, 0.29) is 15.7 Å². The molecule has 5 aromatic heterocycles. The van der Waals surface area contributed by atoms with Crippen LogP contribution in [-0.2, 0) is 17.9 Å². The fourth-order valence-electron chi connectivity index (χ4n) is 8.65. The van der Waals surface area contributed by atoms with Crippen molar-refractivity contribution in [1.29, 1.82) is 0 Å². The van der Waals surface area contributed by atoms with Crippen LogP contribution < -0.4 is 5.73 Å². The van der Waals surface area contributed by atoms with E-state index in [1.165, 1.54) is 27.6 Å². The van der Waals surface area contributed by atoms with Gasteiger partial charge in [-0.05, 0) is 80.2 Å². The highest BCUT2D eigenvalue weighted by molar-refractivity contribution is 9.09. The Bertz CT molecular complexity index is 3080. The number of aldehydes is 1. The lowest BCUT2D eigenvalue weighted by Gasteiger charge is -2.21. The minimum absolute atomic E-state index is 0.152. The normalized spacial score (nSPS) is 12.5. The monoisotopic (exact) mass is 890 g/mol. The van der Waals surface area contributed by atoms with Crippen molar-refractivity contribution in [3.63, 3.8) is 0 Å². The number of nitrogens with zero attached hydrogens (tertiary/aromatic N) is 7. The van der Waals surface area contributed by atoms with Gasteiger partial charge in [0, 0.05) is 40.2 Å². The molecule has 2 N–H and O–H groups in total. The number of rotatable bonds is 5. The van der Waals surface area contributed by atoms with Gasteiger partial charge in [0.2, 0.25) is 0 Å². The number of nitrogens with two attached hydrogens (primary N) is 1. The number of aromatic nitrogens is 7. The number of pyridine rings is 2. The van der Waals surface area contributed by atoms with E-state index in [4.69, 9.17) is 15.7 Å². The van der Waals surface area contributed by atoms with Crippen molar-refractivity contribution in [3.05, 3.63) is 131 Å². The van der Waals surface area contributed by atoms with E-state index in [1.54, 1.807) is 0 Å². The van der Waals surface area contributed by atoms with Crippen molar-refractivity contribution in [2.45, 2.75) is 101 Å². The third-order valence-electron chi connectivity index (χ3n) is 11.3. The summed E-state index contributed by atoms with van der Waals surface area (Å²) in [5.74, 6) is 2.57. The zero-order valence-electron chi connectivity index (χ0n) is 38.2. The molecule has 1 atom stereocenters. The van der Waals surface area contributed by atoms with Gasteiger partial charge in [0.1, 0.15) is 29.4 Å². The van der Waals surface area contributed by atoms with Crippen LogP contribution in [0.1, 0.15) is 85.8 Å². The SMILES string of the molecule is Cc1cccc(C)c1-c1cnc2c3ccccc3c3c(nc(C)n3CC(C)(C)C)n12.Cc1cccc(C)c1C(Br)C=O.Cc1nc2nc(N)c3ccccc3c2n1CC(C)(C)C. The van der Waals surface area contributed by atoms with E-state index in [0.717, 1.165) is 92.0 Å². The Morgan fingerprint density at radius 3 is 1.65 bits per heavy atom. The van der Waals surface area contributed by atoms with Gasteiger partial charge in [-0.25, -0.2) is 19.9 Å². The van der Waals surface area contributed by atoms with Gasteiger partial charge < -0.3 is 19.7 Å². The van der Waals surface area contributed by atoms with Crippen molar-refractivity contribution in [3.8, 4) is 11.3 Å². The van der Waals surface area contributed by atoms with E-state index in [2.05, 4.69) is 150 Å². The summed E-state index contributed by atoms with van der Waals surface area (Å²) in [6.07, 6.45) is 2.92. The highest BCUT2D eigenvalue weighted by Crippen LogP contribution is 2.37. The molecule has 0 saturated heterocycles. The smallest absolute Gasteiger partial charge is 0.180 e. The van der Waals surface area contributed by atoms with Gasteiger partial charge in [-0.1, -0.05) is 142 Å². The van der Waals surface area contributed by atoms with Crippen molar-refractivity contribution in [1.82, 2.24) is 33.5 Å². The van der Waals surface area contributed by atoms with Gasteiger partial charge in [-0.15, -0.1) is 0 Å². The Balaban J connectivity index is 0.000000155. The fourth-order valence-corrected chi connectivity index (χ4v) is 9.37. The number of alkyl halides is 1. The maximum absolute atomic E-state index is 10.6. The average Bonchev–Trinajstić information content (AvgIpc) is 3.87. The third kappa shape index (κ3) is 8.62. The minimum atomic E-state index is -0.168. The van der Waals surface area contributed by atoms with Gasteiger partial charge >= 0.3 is 0 Å². The van der Waals surface area contributed by atoms with Gasteiger partial charge in [-0.2, -0.15) is 0 Å². The zero-order valence-corrected chi connectivity index (χ0v) is 39.8. The zero-order chi connectivity index (χ0) is 44.8. The molecule has 0 saturated carbocycles. The van der Waals surface area contributed by atoms with Crippen LogP contribution in [0.15, 0.2) is 91.1 Å². The number of carbonyl (C=O) groups is 1. The predicted octanol–water partition coefficient (Wildman–Crippen LogP) is 12.9. The Labute approximate surface area is 373 Å². The maximum atomic E-state index is 10.6. The number of hydrogen-bond donors (Lipinski definition) is 1. The topological polar surface area (TPSA) is 109 Å². The number of fused-ring (bicyclic) bond motifs is 9. The second-order valence-electron chi connectivity index (χ2n) is 19.0. The molecule has 320 valence electrons. The Morgan fingerprint density at radius 1 is 0.613 bits per heavy atom. The van der Waals surface area contributed by atoms with Crippen LogP contribution in [0.5, 0.6) is 0 Å². The quantitative estimate of drug-likeness (QED) is 0.136. The van der Waals surface area contributed by atoms with Gasteiger partial charge in [0.25, 0.3) is 0 Å². The van der Waals surface area contributed by atoms with E-state index < -0.39 is 0 Å². The Morgan fingerprint density at radius 2 is 1.10 bits per heavy atom. The molecule has 9 aromatic rings. The molecule has 0 fully saturated rings. The van der Waals surface area contributed by atoms with E-state index in [0.29, 0.717) is 5.82 Å². The number of anilines is 1. The number of hydrogen-bond acceptors (Lipinski definition) is 6. The summed E-state index contributed by atoms with van der Waals surface area (Å²) in [6, 6.07) is 29.2. The minimum Gasteiger partial charge on any atom is -0.383 e. The lowest BCUT2D eigenvalue weighted by molar-refractivity contribution is -0.107. The summed E-state index contributed by atoms with van der Waals surface area (Å²) in [6.45, 7) is 27.8. The van der Waals surface area contributed by atoms with Gasteiger partial charge in [0.15, 0.2) is 11.3 Å². The van der Waals surface area contributed by atoms with E-state index >= 15 is 0 Å². The summed E-state index contributed by atoms with van der Waals surface area (Å²) in [4.78, 5) is 29.4. The van der Waals surface area contributed by atoms with Gasteiger partial charge in [0.05, 0.1) is 27.8 Å². The second kappa shape index (κ2) is 17.1. The Hall–Kier alpha value is -5.87. The van der Waals surface area contributed by atoms with Crippen LogP contribution in [0.2, 0.25) is 0 Å². The molecular formula is C52H59BrN8O. The largest absolute Gasteiger partial charge is 0.383 e. The summed E-state index contributed by atoms with van der Waals surface area (Å²) >= 11 is 3.32. The summed E-state index contributed by atoms with van der Waals surface area (Å²) < 4.78 is 6.90. The molecule has 0 bridgehead atoms. The molecule has 9 nitrogen and oxygen atoms in total. The molecule has 4 aromatic carbocycles. The molecule has 1 unspecified atom stereocenters. The molecule has 0 amide bonds. The van der Waals surface area contributed by atoms with E-state index in [1.807, 2.05) is 63.4 Å². The number of benzene rings is 4. The van der Waals surface area contributed by atoms with Crippen LogP contribution >= 0.6 is 15.9 Å². The first kappa shape index (κ1) is 44.2. The molecule has 0 radical (unpaired) electrons. The second-order valence-corrected chi connectivity index (χ2v) is 19.9. The molecular weight excluding hydrogens is 833 g/mol. The predicted molar refractivity (Wildman–Crippen MR) is 262 cm³/mol. The molecule has 62 heavy (non-hydrogen) atoms. The standard InChI is InChI=1S/C26H28N4.C16H20N4.C10H11BrO/c1-16-10-9-11-17(2)22(16)21-14-27-24-20-13-8-7-12-19(20)23-25(30(21)24)28-18(3)29(23)15-26(4,5)6;1-10-18-15-13(20(10)9-16(2,3)4)11-7-5-6-8-12(11)14(17)19-15;1-7-4-3-5-8(2)10(7)9(11)6-12/h7-14H,15H2,1-6H3;5-8H,9H2,1-4H3,(H2,17,19);3-6,9H,1-2H3. The number of aryl methyl sites for hydroxylation is 6. The molecule has 0 spiro atoms. The molecule has 9 rings (SSSR count). The van der Waals surface area contributed by atoms with Crippen molar-refractivity contribution < 1.29 is 4.79 Å². The van der Waals surface area contributed by atoms with Gasteiger partial charge in [-0.3, -0.25) is 4.40 Å². The lowest BCUT2D eigenvalue weighted by Crippen LogP contribution is -2.16. The molecule has 0 aliphatic rings.